The molecule has 3 heterocycles. The number of carbonyl (C=O) groups is 2. The van der Waals surface area contributed by atoms with Gasteiger partial charge in [0.2, 0.25) is 11.8 Å². The molecule has 0 spiro atoms. The van der Waals surface area contributed by atoms with E-state index in [1.165, 1.54) is 22.2 Å². The Morgan fingerprint density at radius 1 is 1.21 bits per heavy atom. The highest BCUT2D eigenvalue weighted by Crippen LogP contribution is 2.29. The number of thiazole rings is 1. The average Bonchev–Trinajstić information content (AvgIpc) is 3.26. The molecule has 174 valence electrons. The van der Waals surface area contributed by atoms with Crippen molar-refractivity contribution in [3.8, 4) is 0 Å². The van der Waals surface area contributed by atoms with Gasteiger partial charge in [-0.15, -0.1) is 0 Å². The van der Waals surface area contributed by atoms with Gasteiger partial charge < -0.3 is 15.5 Å². The van der Waals surface area contributed by atoms with Gasteiger partial charge in [0.15, 0.2) is 10.8 Å². The lowest BCUT2D eigenvalue weighted by molar-refractivity contribution is -0.125. The first-order valence-electron chi connectivity index (χ1n) is 11.2. The van der Waals surface area contributed by atoms with Crippen molar-refractivity contribution < 1.29 is 9.59 Å². The van der Waals surface area contributed by atoms with Crippen molar-refractivity contribution >= 4 is 38.6 Å². The number of benzene rings is 1. The Morgan fingerprint density at radius 3 is 2.76 bits per heavy atom. The second-order valence-corrected chi connectivity index (χ2v) is 9.25. The normalized spacial score (nSPS) is 16.1. The number of carbonyl (C=O) groups excluding carboxylic acids is 2. The quantitative estimate of drug-likeness (QED) is 0.548. The molecule has 4 rings (SSSR count). The molecule has 10 heteroatoms. The number of hydrogen-bond acceptors (Lipinski definition) is 7. The number of aromatic nitrogens is 3. The standard InChI is InChI=1S/C23H28N6O3S/c1-3-24-21(31)17-5-4-10-28(12-17)23-27-20-19(33-23)22(32)29(14-26-20)13-18(30)25-11-16-8-6-15(2)7-9-16/h6-9,14,17H,3-5,10-13H2,1-2H3,(H,24,31)(H,25,30)/t17-/m0/s1. The van der Waals surface area contributed by atoms with E-state index in [-0.39, 0.29) is 29.8 Å². The molecule has 1 saturated heterocycles. The van der Waals surface area contributed by atoms with Crippen LogP contribution < -0.4 is 21.1 Å². The second-order valence-electron chi connectivity index (χ2n) is 8.27. The molecule has 33 heavy (non-hydrogen) atoms. The summed E-state index contributed by atoms with van der Waals surface area (Å²) in [6, 6.07) is 7.91. The highest BCUT2D eigenvalue weighted by Gasteiger charge is 2.27. The van der Waals surface area contributed by atoms with Crippen LogP contribution in [0, 0.1) is 12.8 Å². The van der Waals surface area contributed by atoms with E-state index in [0.29, 0.717) is 35.1 Å². The third kappa shape index (κ3) is 5.39. The van der Waals surface area contributed by atoms with Crippen LogP contribution in [0.5, 0.6) is 0 Å². The lowest BCUT2D eigenvalue weighted by Gasteiger charge is -2.31. The molecule has 0 saturated carbocycles. The number of rotatable bonds is 7. The van der Waals surface area contributed by atoms with Crippen LogP contribution in [0.15, 0.2) is 35.4 Å². The van der Waals surface area contributed by atoms with E-state index >= 15 is 0 Å². The molecule has 0 radical (unpaired) electrons. The number of hydrogen-bond donors (Lipinski definition) is 2. The third-order valence-electron chi connectivity index (χ3n) is 5.71. The maximum atomic E-state index is 13.0. The van der Waals surface area contributed by atoms with Gasteiger partial charge in [-0.25, -0.2) is 4.98 Å². The predicted molar refractivity (Wildman–Crippen MR) is 128 cm³/mol. The van der Waals surface area contributed by atoms with Crippen molar-refractivity contribution in [3.63, 3.8) is 0 Å². The summed E-state index contributed by atoms with van der Waals surface area (Å²) in [7, 11) is 0. The van der Waals surface area contributed by atoms with Gasteiger partial charge in [-0.3, -0.25) is 19.0 Å². The van der Waals surface area contributed by atoms with Gasteiger partial charge in [-0.2, -0.15) is 4.98 Å². The molecule has 1 atom stereocenters. The van der Waals surface area contributed by atoms with Crippen LogP contribution in [0.1, 0.15) is 30.9 Å². The Morgan fingerprint density at radius 2 is 2.00 bits per heavy atom. The molecule has 2 aromatic heterocycles. The van der Waals surface area contributed by atoms with Gasteiger partial charge in [-0.1, -0.05) is 41.2 Å². The van der Waals surface area contributed by atoms with Gasteiger partial charge in [0.25, 0.3) is 5.56 Å². The molecular weight excluding hydrogens is 440 g/mol. The number of nitrogens with zero attached hydrogens (tertiary/aromatic N) is 4. The van der Waals surface area contributed by atoms with E-state index in [1.807, 2.05) is 43.0 Å². The zero-order chi connectivity index (χ0) is 23.4. The third-order valence-corrected chi connectivity index (χ3v) is 6.80. The molecule has 1 aromatic carbocycles. The van der Waals surface area contributed by atoms with Gasteiger partial charge in [0.05, 0.1) is 5.92 Å². The van der Waals surface area contributed by atoms with Crippen LogP contribution in [0.3, 0.4) is 0 Å². The summed E-state index contributed by atoms with van der Waals surface area (Å²) in [4.78, 5) is 48.5. The number of nitrogens with one attached hydrogen (secondary N) is 2. The Balaban J connectivity index is 1.44. The minimum absolute atomic E-state index is 0.0560. The predicted octanol–water partition coefficient (Wildman–Crippen LogP) is 1.83. The average molecular weight is 469 g/mol. The molecular formula is C23H28N6O3S. The summed E-state index contributed by atoms with van der Waals surface area (Å²) in [5.41, 5.74) is 2.24. The second kappa shape index (κ2) is 10.1. The highest BCUT2D eigenvalue weighted by atomic mass is 32.1. The van der Waals surface area contributed by atoms with E-state index in [2.05, 4.69) is 20.6 Å². The fourth-order valence-corrected chi connectivity index (χ4v) is 4.89. The lowest BCUT2D eigenvalue weighted by atomic mass is 9.97. The summed E-state index contributed by atoms with van der Waals surface area (Å²) in [5.74, 6) is -0.294. The van der Waals surface area contributed by atoms with Crippen LogP contribution >= 0.6 is 11.3 Å². The van der Waals surface area contributed by atoms with Gasteiger partial charge in [-0.05, 0) is 32.3 Å². The van der Waals surface area contributed by atoms with Crippen molar-refractivity contribution in [3.05, 3.63) is 52.1 Å². The van der Waals surface area contributed by atoms with Gasteiger partial charge in [0, 0.05) is 26.2 Å². The minimum Gasteiger partial charge on any atom is -0.356 e. The van der Waals surface area contributed by atoms with Crippen molar-refractivity contribution in [1.82, 2.24) is 25.2 Å². The first-order chi connectivity index (χ1) is 15.9. The fourth-order valence-electron chi connectivity index (χ4n) is 3.88. The van der Waals surface area contributed by atoms with Crippen LogP contribution in [0.25, 0.3) is 10.3 Å². The van der Waals surface area contributed by atoms with E-state index in [9.17, 15) is 14.4 Å². The molecule has 1 aliphatic rings. The van der Waals surface area contributed by atoms with E-state index in [4.69, 9.17) is 0 Å². The molecule has 9 nitrogen and oxygen atoms in total. The molecule has 1 fully saturated rings. The van der Waals surface area contributed by atoms with Crippen molar-refractivity contribution in [2.45, 2.75) is 39.8 Å². The summed E-state index contributed by atoms with van der Waals surface area (Å²) < 4.78 is 1.72. The first-order valence-corrected chi connectivity index (χ1v) is 12.0. The van der Waals surface area contributed by atoms with Crippen LogP contribution in [-0.4, -0.2) is 46.0 Å². The lowest BCUT2D eigenvalue weighted by Crippen LogP contribution is -2.43. The highest BCUT2D eigenvalue weighted by molar-refractivity contribution is 7.22. The molecule has 0 bridgehead atoms. The summed E-state index contributed by atoms with van der Waals surface area (Å²) in [5, 5.41) is 6.41. The number of fused-ring (bicyclic) bond motifs is 1. The number of aryl methyl sites for hydroxylation is 1. The molecule has 2 N–H and O–H groups in total. The smallest absolute Gasteiger partial charge is 0.273 e. The van der Waals surface area contributed by atoms with Crippen LogP contribution in [0.2, 0.25) is 0 Å². The zero-order valence-electron chi connectivity index (χ0n) is 18.8. The molecule has 1 aliphatic heterocycles. The number of amides is 2. The Hall–Kier alpha value is -3.27. The summed E-state index contributed by atoms with van der Waals surface area (Å²) in [6.07, 6.45) is 3.10. The Labute approximate surface area is 195 Å². The van der Waals surface area contributed by atoms with E-state index in [1.54, 1.807) is 0 Å². The Bertz CT molecular complexity index is 1200. The first kappa shape index (κ1) is 22.9. The Kier molecular flexibility index (Phi) is 7.02. The zero-order valence-corrected chi connectivity index (χ0v) is 19.7. The summed E-state index contributed by atoms with van der Waals surface area (Å²) in [6.45, 7) is 6.17. The van der Waals surface area contributed by atoms with Crippen LogP contribution in [-0.2, 0) is 22.7 Å². The van der Waals surface area contributed by atoms with Gasteiger partial charge >= 0.3 is 0 Å². The molecule has 0 aliphatic carbocycles. The van der Waals surface area contributed by atoms with E-state index in [0.717, 1.165) is 30.5 Å². The SMILES string of the molecule is CCNC(=O)[C@H]1CCCN(c2nc3ncn(CC(=O)NCc4ccc(C)cc4)c(=O)c3s2)C1. The maximum absolute atomic E-state index is 13.0. The molecule has 0 unspecified atom stereocenters. The monoisotopic (exact) mass is 468 g/mol. The molecule has 3 aromatic rings. The number of anilines is 1. The largest absolute Gasteiger partial charge is 0.356 e. The molecule has 2 amide bonds. The van der Waals surface area contributed by atoms with Gasteiger partial charge in [0.1, 0.15) is 17.6 Å². The van der Waals surface area contributed by atoms with Crippen LogP contribution in [0.4, 0.5) is 5.13 Å². The van der Waals surface area contributed by atoms with E-state index < -0.39 is 0 Å². The topological polar surface area (TPSA) is 109 Å². The minimum atomic E-state index is -0.286. The van der Waals surface area contributed by atoms with Crippen molar-refractivity contribution in [1.29, 1.82) is 0 Å². The fraction of sp³-hybridized carbons (Fsp3) is 0.435. The number of piperidine rings is 1. The summed E-state index contributed by atoms with van der Waals surface area (Å²) >= 11 is 1.27. The van der Waals surface area contributed by atoms with Crippen molar-refractivity contribution in [2.24, 2.45) is 5.92 Å². The maximum Gasteiger partial charge on any atom is 0.273 e. The van der Waals surface area contributed by atoms with Crippen molar-refractivity contribution in [2.75, 3.05) is 24.5 Å².